The van der Waals surface area contributed by atoms with E-state index in [4.69, 9.17) is 21.1 Å². The number of anilines is 1. The molecule has 0 bridgehead atoms. The topological polar surface area (TPSA) is 81.7 Å². The van der Waals surface area contributed by atoms with Crippen LogP contribution in [0.1, 0.15) is 48.5 Å². The van der Waals surface area contributed by atoms with Crippen molar-refractivity contribution in [2.75, 3.05) is 18.5 Å². The maximum Gasteiger partial charge on any atom is 0.341 e. The van der Waals surface area contributed by atoms with E-state index < -0.39 is 29.9 Å². The van der Waals surface area contributed by atoms with Crippen molar-refractivity contribution < 1.29 is 23.9 Å². The molecule has 2 aromatic carbocycles. The quantitative estimate of drug-likeness (QED) is 0.362. The van der Waals surface area contributed by atoms with Crippen LogP contribution in [0, 0.1) is 0 Å². The fourth-order valence-corrected chi connectivity index (χ4v) is 5.58. The molecule has 182 valence electrons. The molecule has 1 aromatic heterocycles. The van der Waals surface area contributed by atoms with Crippen LogP contribution in [-0.2, 0) is 24.5 Å². The van der Waals surface area contributed by atoms with Gasteiger partial charge in [0.25, 0.3) is 5.91 Å². The molecule has 0 aliphatic heterocycles. The number of carbonyl (C=O) groups is 3. The predicted molar refractivity (Wildman–Crippen MR) is 137 cm³/mol. The maximum absolute atomic E-state index is 13.2. The van der Waals surface area contributed by atoms with Gasteiger partial charge in [-0.05, 0) is 43.0 Å². The van der Waals surface area contributed by atoms with E-state index in [9.17, 15) is 14.4 Å². The zero-order chi connectivity index (χ0) is 24.8. The van der Waals surface area contributed by atoms with Crippen molar-refractivity contribution in [1.29, 1.82) is 0 Å². The van der Waals surface area contributed by atoms with Gasteiger partial charge in [-0.25, -0.2) is 4.79 Å². The molecule has 1 amide bonds. The van der Waals surface area contributed by atoms with Gasteiger partial charge in [0, 0.05) is 16.0 Å². The Morgan fingerprint density at radius 3 is 2.34 bits per heavy atom. The molecular weight excluding hydrogens is 486 g/mol. The SMILES string of the molecule is CCOC(=O)c1c(-c2ccccc2)csc1NC(=O)COC(=O)C1(c2ccc(Cl)cc2)CCCC1. The Hall–Kier alpha value is -3.16. The van der Waals surface area contributed by atoms with Crippen molar-refractivity contribution in [3.63, 3.8) is 0 Å². The average molecular weight is 512 g/mol. The minimum Gasteiger partial charge on any atom is -0.462 e. The first-order valence-electron chi connectivity index (χ1n) is 11.5. The highest BCUT2D eigenvalue weighted by molar-refractivity contribution is 7.15. The Kier molecular flexibility index (Phi) is 7.88. The Morgan fingerprint density at radius 2 is 1.69 bits per heavy atom. The molecule has 8 heteroatoms. The molecule has 0 radical (unpaired) electrons. The minimum absolute atomic E-state index is 0.209. The Bertz CT molecular complexity index is 1200. The molecule has 1 fully saturated rings. The van der Waals surface area contributed by atoms with Crippen LogP contribution in [0.4, 0.5) is 5.00 Å². The summed E-state index contributed by atoms with van der Waals surface area (Å²) in [6.07, 6.45) is 3.13. The van der Waals surface area contributed by atoms with Gasteiger partial charge >= 0.3 is 11.9 Å². The number of amides is 1. The summed E-state index contributed by atoms with van der Waals surface area (Å²) in [5.74, 6) is -1.46. The Morgan fingerprint density at radius 1 is 1.00 bits per heavy atom. The maximum atomic E-state index is 13.2. The summed E-state index contributed by atoms with van der Waals surface area (Å²) in [5.41, 5.74) is 1.87. The molecule has 0 saturated heterocycles. The first kappa shape index (κ1) is 24.9. The Balaban J connectivity index is 1.48. The van der Waals surface area contributed by atoms with E-state index in [2.05, 4.69) is 5.32 Å². The number of hydrogen-bond donors (Lipinski definition) is 1. The molecule has 0 unspecified atom stereocenters. The highest BCUT2D eigenvalue weighted by atomic mass is 35.5. The van der Waals surface area contributed by atoms with Crippen molar-refractivity contribution in [2.24, 2.45) is 0 Å². The molecule has 6 nitrogen and oxygen atoms in total. The number of hydrogen-bond acceptors (Lipinski definition) is 6. The largest absolute Gasteiger partial charge is 0.462 e. The van der Waals surface area contributed by atoms with Gasteiger partial charge in [0.15, 0.2) is 6.61 Å². The highest BCUT2D eigenvalue weighted by Crippen LogP contribution is 2.42. The van der Waals surface area contributed by atoms with E-state index in [1.807, 2.05) is 42.5 Å². The van der Waals surface area contributed by atoms with Gasteiger partial charge in [0.2, 0.25) is 0 Å². The van der Waals surface area contributed by atoms with Crippen LogP contribution in [0.3, 0.4) is 0 Å². The summed E-state index contributed by atoms with van der Waals surface area (Å²) >= 11 is 7.24. The third-order valence-electron chi connectivity index (χ3n) is 6.19. The van der Waals surface area contributed by atoms with Crippen LogP contribution in [0.2, 0.25) is 5.02 Å². The summed E-state index contributed by atoms with van der Waals surface area (Å²) in [6.45, 7) is 1.49. The second-order valence-electron chi connectivity index (χ2n) is 8.36. The number of benzene rings is 2. The van der Waals surface area contributed by atoms with Gasteiger partial charge in [-0.15, -0.1) is 11.3 Å². The van der Waals surface area contributed by atoms with Crippen LogP contribution in [0.5, 0.6) is 0 Å². The normalized spacial score (nSPS) is 14.3. The van der Waals surface area contributed by atoms with E-state index in [-0.39, 0.29) is 12.2 Å². The molecule has 3 aromatic rings. The summed E-state index contributed by atoms with van der Waals surface area (Å²) in [6, 6.07) is 16.6. The zero-order valence-corrected chi connectivity index (χ0v) is 20.9. The van der Waals surface area contributed by atoms with Crippen molar-refractivity contribution in [2.45, 2.75) is 38.0 Å². The molecule has 4 rings (SSSR count). The van der Waals surface area contributed by atoms with Crippen molar-refractivity contribution in [3.05, 3.63) is 76.1 Å². The first-order chi connectivity index (χ1) is 16.9. The average Bonchev–Trinajstić information content (AvgIpc) is 3.52. The second-order valence-corrected chi connectivity index (χ2v) is 9.68. The molecule has 1 aliphatic rings. The van der Waals surface area contributed by atoms with Crippen molar-refractivity contribution in [1.82, 2.24) is 0 Å². The van der Waals surface area contributed by atoms with Gasteiger partial charge in [0.1, 0.15) is 10.6 Å². The van der Waals surface area contributed by atoms with Crippen LogP contribution in [-0.4, -0.2) is 31.1 Å². The first-order valence-corrected chi connectivity index (χ1v) is 12.8. The van der Waals surface area contributed by atoms with E-state index in [0.717, 1.165) is 24.0 Å². The molecule has 35 heavy (non-hydrogen) atoms. The third kappa shape index (κ3) is 5.41. The number of ether oxygens (including phenoxy) is 2. The molecule has 1 heterocycles. The lowest BCUT2D eigenvalue weighted by Gasteiger charge is -2.27. The lowest BCUT2D eigenvalue weighted by atomic mass is 9.79. The van der Waals surface area contributed by atoms with E-state index in [0.29, 0.717) is 28.4 Å². The lowest BCUT2D eigenvalue weighted by molar-refractivity contribution is -0.153. The van der Waals surface area contributed by atoms with Crippen LogP contribution in [0.25, 0.3) is 11.1 Å². The van der Waals surface area contributed by atoms with E-state index >= 15 is 0 Å². The third-order valence-corrected chi connectivity index (χ3v) is 7.33. The molecule has 1 N–H and O–H groups in total. The lowest BCUT2D eigenvalue weighted by Crippen LogP contribution is -2.36. The van der Waals surface area contributed by atoms with Gasteiger partial charge < -0.3 is 14.8 Å². The Labute approximate surface area is 213 Å². The van der Waals surface area contributed by atoms with Gasteiger partial charge in [-0.1, -0.05) is 66.9 Å². The van der Waals surface area contributed by atoms with Gasteiger partial charge in [0.05, 0.1) is 12.0 Å². The van der Waals surface area contributed by atoms with Crippen LogP contribution >= 0.6 is 22.9 Å². The fraction of sp³-hybridized carbons (Fsp3) is 0.296. The molecule has 0 atom stereocenters. The minimum atomic E-state index is -0.773. The number of esters is 2. The summed E-state index contributed by atoms with van der Waals surface area (Å²) < 4.78 is 10.7. The number of carbonyl (C=O) groups excluding carboxylic acids is 3. The number of halogens is 1. The number of rotatable bonds is 8. The van der Waals surface area contributed by atoms with Crippen LogP contribution < -0.4 is 5.32 Å². The summed E-state index contributed by atoms with van der Waals surface area (Å²) in [7, 11) is 0. The highest BCUT2D eigenvalue weighted by Gasteiger charge is 2.44. The molecule has 0 spiro atoms. The molecular formula is C27H26ClNO5S. The van der Waals surface area contributed by atoms with E-state index in [1.165, 1.54) is 11.3 Å². The van der Waals surface area contributed by atoms with Crippen molar-refractivity contribution in [3.8, 4) is 11.1 Å². The summed E-state index contributed by atoms with van der Waals surface area (Å²) in [5, 5.41) is 5.49. The molecule has 1 saturated carbocycles. The monoisotopic (exact) mass is 511 g/mol. The molecule has 1 aliphatic carbocycles. The summed E-state index contributed by atoms with van der Waals surface area (Å²) in [4.78, 5) is 38.6. The van der Waals surface area contributed by atoms with E-state index in [1.54, 1.807) is 24.4 Å². The smallest absolute Gasteiger partial charge is 0.341 e. The zero-order valence-electron chi connectivity index (χ0n) is 19.3. The second kappa shape index (κ2) is 11.1. The number of thiophene rings is 1. The standard InChI is InChI=1S/C27H26ClNO5S/c1-2-33-25(31)23-21(18-8-4-3-5-9-18)17-35-24(23)29-22(30)16-34-26(32)27(14-6-7-15-27)19-10-12-20(28)13-11-19/h3-5,8-13,17H,2,6-7,14-16H2,1H3,(H,29,30). The fourth-order valence-electron chi connectivity index (χ4n) is 4.48. The van der Waals surface area contributed by atoms with Crippen LogP contribution in [0.15, 0.2) is 60.0 Å². The number of nitrogens with one attached hydrogen (secondary N) is 1. The predicted octanol–water partition coefficient (Wildman–Crippen LogP) is 6.24. The van der Waals surface area contributed by atoms with Gasteiger partial charge in [-0.2, -0.15) is 0 Å². The van der Waals surface area contributed by atoms with Gasteiger partial charge in [-0.3, -0.25) is 9.59 Å². The van der Waals surface area contributed by atoms with Crippen molar-refractivity contribution >= 4 is 45.8 Å².